The number of nitrogens with two attached hydrogens (primary N) is 1. The molecule has 2 aromatic rings. The van der Waals surface area contributed by atoms with Crippen molar-refractivity contribution in [3.05, 3.63) is 33.4 Å². The molecule has 0 atom stereocenters. The molecule has 1 heterocycles. The van der Waals surface area contributed by atoms with Gasteiger partial charge in [-0.15, -0.1) is 0 Å². The van der Waals surface area contributed by atoms with Crippen LogP contribution in [0.1, 0.15) is 17.7 Å². The van der Waals surface area contributed by atoms with Gasteiger partial charge in [-0.1, -0.05) is 23.2 Å². The van der Waals surface area contributed by atoms with E-state index in [1.807, 2.05) is 6.07 Å². The van der Waals surface area contributed by atoms with Crippen LogP contribution in [0.5, 0.6) is 0 Å². The zero-order valence-electron chi connectivity index (χ0n) is 9.06. The Bertz CT molecular complexity index is 610. The normalized spacial score (nSPS) is 14.1. The Balaban J connectivity index is 2.45. The molecule has 0 aliphatic heterocycles. The number of benzene rings is 1. The SMILES string of the molecule is NNc1c2c(nc3cc(Cl)cc(Cl)c13)CCC2. The number of hydrogen-bond donors (Lipinski definition) is 2. The van der Waals surface area contributed by atoms with Crippen LogP contribution in [-0.4, -0.2) is 4.98 Å². The van der Waals surface area contributed by atoms with Crippen molar-refractivity contribution in [1.29, 1.82) is 0 Å². The Kier molecular flexibility index (Phi) is 2.62. The lowest BCUT2D eigenvalue weighted by Gasteiger charge is -2.13. The van der Waals surface area contributed by atoms with Gasteiger partial charge < -0.3 is 5.43 Å². The molecule has 0 saturated heterocycles. The van der Waals surface area contributed by atoms with Crippen LogP contribution in [0.2, 0.25) is 10.0 Å². The second-order valence-electron chi connectivity index (χ2n) is 4.19. The maximum absolute atomic E-state index is 6.23. The highest BCUT2D eigenvalue weighted by atomic mass is 35.5. The summed E-state index contributed by atoms with van der Waals surface area (Å²) >= 11 is 12.2. The van der Waals surface area contributed by atoms with Crippen LogP contribution in [-0.2, 0) is 12.8 Å². The largest absolute Gasteiger partial charge is 0.323 e. The van der Waals surface area contributed by atoms with Gasteiger partial charge in [-0.2, -0.15) is 0 Å². The van der Waals surface area contributed by atoms with Crippen LogP contribution in [0, 0.1) is 0 Å². The van der Waals surface area contributed by atoms with Crippen molar-refractivity contribution in [1.82, 2.24) is 4.98 Å². The van der Waals surface area contributed by atoms with Gasteiger partial charge in [-0.3, -0.25) is 10.8 Å². The Morgan fingerprint density at radius 1 is 1.24 bits per heavy atom. The van der Waals surface area contributed by atoms with Crippen LogP contribution < -0.4 is 11.3 Å². The van der Waals surface area contributed by atoms with E-state index >= 15 is 0 Å². The summed E-state index contributed by atoms with van der Waals surface area (Å²) < 4.78 is 0. The number of aryl methyl sites for hydroxylation is 1. The molecule has 1 aromatic heterocycles. The third-order valence-corrected chi connectivity index (χ3v) is 3.69. The Labute approximate surface area is 109 Å². The molecule has 1 aliphatic carbocycles. The van der Waals surface area contributed by atoms with E-state index in [-0.39, 0.29) is 0 Å². The average Bonchev–Trinajstić information content (AvgIpc) is 2.73. The van der Waals surface area contributed by atoms with Gasteiger partial charge in [0, 0.05) is 16.1 Å². The summed E-state index contributed by atoms with van der Waals surface area (Å²) in [7, 11) is 0. The number of aromatic nitrogens is 1. The monoisotopic (exact) mass is 267 g/mol. The number of fused-ring (bicyclic) bond motifs is 2. The van der Waals surface area contributed by atoms with Gasteiger partial charge in [0.2, 0.25) is 0 Å². The lowest BCUT2D eigenvalue weighted by Crippen LogP contribution is -2.11. The summed E-state index contributed by atoms with van der Waals surface area (Å²) in [5.74, 6) is 5.63. The minimum atomic E-state index is 0.586. The zero-order valence-corrected chi connectivity index (χ0v) is 10.6. The number of pyridine rings is 1. The molecule has 3 nitrogen and oxygen atoms in total. The Hall–Kier alpha value is -1.03. The summed E-state index contributed by atoms with van der Waals surface area (Å²) in [6.45, 7) is 0. The maximum atomic E-state index is 6.23. The van der Waals surface area contributed by atoms with Gasteiger partial charge in [0.25, 0.3) is 0 Å². The topological polar surface area (TPSA) is 50.9 Å². The summed E-state index contributed by atoms with van der Waals surface area (Å²) in [6.07, 6.45) is 3.10. The lowest BCUT2D eigenvalue weighted by atomic mass is 10.1. The number of halogens is 2. The third-order valence-electron chi connectivity index (χ3n) is 3.17. The van der Waals surface area contributed by atoms with Gasteiger partial charge in [0.15, 0.2) is 0 Å². The molecule has 5 heteroatoms. The number of anilines is 1. The molecule has 0 fully saturated rings. The van der Waals surface area contributed by atoms with Crippen molar-refractivity contribution in [3.63, 3.8) is 0 Å². The fourth-order valence-corrected chi connectivity index (χ4v) is 3.05. The van der Waals surface area contributed by atoms with E-state index in [4.69, 9.17) is 29.0 Å². The van der Waals surface area contributed by atoms with Crippen LogP contribution >= 0.6 is 23.2 Å². The van der Waals surface area contributed by atoms with Crippen molar-refractivity contribution in [3.8, 4) is 0 Å². The summed E-state index contributed by atoms with van der Waals surface area (Å²) in [6, 6.07) is 3.54. The number of nitrogens with one attached hydrogen (secondary N) is 1. The van der Waals surface area contributed by atoms with Gasteiger partial charge in [0.05, 0.1) is 16.2 Å². The van der Waals surface area contributed by atoms with Crippen LogP contribution in [0.25, 0.3) is 10.9 Å². The molecular formula is C12H11Cl2N3. The highest BCUT2D eigenvalue weighted by Gasteiger charge is 2.20. The zero-order chi connectivity index (χ0) is 12.0. The van der Waals surface area contributed by atoms with Crippen LogP contribution in [0.15, 0.2) is 12.1 Å². The molecule has 3 rings (SSSR count). The molecule has 0 radical (unpaired) electrons. The molecule has 0 bridgehead atoms. The maximum Gasteiger partial charge on any atom is 0.0756 e. The summed E-state index contributed by atoms with van der Waals surface area (Å²) in [5.41, 5.74) is 6.74. The van der Waals surface area contributed by atoms with E-state index in [0.29, 0.717) is 10.0 Å². The minimum Gasteiger partial charge on any atom is -0.323 e. The van der Waals surface area contributed by atoms with Crippen molar-refractivity contribution in [2.24, 2.45) is 5.84 Å². The molecule has 1 aromatic carbocycles. The predicted octanol–water partition coefficient (Wildman–Crippen LogP) is 3.32. The Morgan fingerprint density at radius 2 is 2.06 bits per heavy atom. The van der Waals surface area contributed by atoms with E-state index in [1.54, 1.807) is 6.07 Å². The van der Waals surface area contributed by atoms with Crippen LogP contribution in [0.3, 0.4) is 0 Å². The second-order valence-corrected chi connectivity index (χ2v) is 5.04. The molecule has 88 valence electrons. The molecule has 0 spiro atoms. The highest BCUT2D eigenvalue weighted by molar-refractivity contribution is 6.39. The first-order chi connectivity index (χ1) is 8.20. The van der Waals surface area contributed by atoms with Crippen molar-refractivity contribution in [2.45, 2.75) is 19.3 Å². The Morgan fingerprint density at radius 3 is 2.82 bits per heavy atom. The molecule has 0 saturated carbocycles. The van der Waals surface area contributed by atoms with Gasteiger partial charge in [-0.25, -0.2) is 0 Å². The number of rotatable bonds is 1. The quantitative estimate of drug-likeness (QED) is 0.616. The first-order valence-electron chi connectivity index (χ1n) is 5.48. The van der Waals surface area contributed by atoms with Crippen LogP contribution in [0.4, 0.5) is 5.69 Å². The number of hydrazine groups is 1. The fraction of sp³-hybridized carbons (Fsp3) is 0.250. The van der Waals surface area contributed by atoms with E-state index in [2.05, 4.69) is 10.4 Å². The summed E-state index contributed by atoms with van der Waals surface area (Å²) in [5, 5.41) is 2.04. The minimum absolute atomic E-state index is 0.586. The average molecular weight is 268 g/mol. The number of hydrogen-bond acceptors (Lipinski definition) is 3. The van der Waals surface area contributed by atoms with E-state index in [9.17, 15) is 0 Å². The van der Waals surface area contributed by atoms with Crippen molar-refractivity contribution in [2.75, 3.05) is 5.43 Å². The van der Waals surface area contributed by atoms with Gasteiger partial charge in [0.1, 0.15) is 0 Å². The number of nitrogen functional groups attached to an aromatic ring is 1. The molecule has 0 amide bonds. The fourth-order valence-electron chi connectivity index (χ4n) is 2.47. The predicted molar refractivity (Wildman–Crippen MR) is 71.6 cm³/mol. The van der Waals surface area contributed by atoms with E-state index in [1.165, 1.54) is 5.56 Å². The lowest BCUT2D eigenvalue weighted by molar-refractivity contribution is 0.901. The van der Waals surface area contributed by atoms with E-state index < -0.39 is 0 Å². The molecule has 3 N–H and O–H groups in total. The van der Waals surface area contributed by atoms with Gasteiger partial charge in [-0.05, 0) is 37.0 Å². The highest BCUT2D eigenvalue weighted by Crippen LogP contribution is 2.38. The van der Waals surface area contributed by atoms with Crippen molar-refractivity contribution >= 4 is 39.8 Å². The molecule has 17 heavy (non-hydrogen) atoms. The second kappa shape index (κ2) is 4.02. The first-order valence-corrected chi connectivity index (χ1v) is 6.23. The molecular weight excluding hydrogens is 257 g/mol. The van der Waals surface area contributed by atoms with E-state index in [0.717, 1.165) is 41.5 Å². The standard InChI is InChI=1S/C12H11Cl2N3/c13-6-4-8(14)11-10(5-6)16-9-3-1-2-7(9)12(11)17-15/h4-5H,1-3,15H2,(H,16,17). The van der Waals surface area contributed by atoms with Gasteiger partial charge >= 0.3 is 0 Å². The molecule has 0 unspecified atom stereocenters. The third kappa shape index (κ3) is 1.66. The first kappa shape index (κ1) is 11.1. The number of nitrogens with zero attached hydrogens (tertiary/aromatic N) is 1. The summed E-state index contributed by atoms with van der Waals surface area (Å²) in [4.78, 5) is 4.62. The van der Waals surface area contributed by atoms with Crippen molar-refractivity contribution < 1.29 is 0 Å². The smallest absolute Gasteiger partial charge is 0.0756 e. The molecule has 1 aliphatic rings.